The van der Waals surface area contributed by atoms with Gasteiger partial charge in [0.25, 0.3) is 0 Å². The van der Waals surface area contributed by atoms with Crippen molar-refractivity contribution in [3.63, 3.8) is 0 Å². The molecule has 0 radical (unpaired) electrons. The lowest BCUT2D eigenvalue weighted by molar-refractivity contribution is 0.290. The highest BCUT2D eigenvalue weighted by molar-refractivity contribution is 5.73. The van der Waals surface area contributed by atoms with Crippen LogP contribution in [0.4, 0.5) is 16.2 Å². The van der Waals surface area contributed by atoms with Crippen LogP contribution in [-0.4, -0.2) is 9.97 Å². The summed E-state index contributed by atoms with van der Waals surface area (Å²) in [7, 11) is 0. The highest BCUT2D eigenvalue weighted by Crippen LogP contribution is 2.26. The molecule has 1 heterocycles. The van der Waals surface area contributed by atoms with Crippen molar-refractivity contribution in [3.05, 3.63) is 65.5 Å². The Kier molecular flexibility index (Phi) is 4.44. The van der Waals surface area contributed by atoms with Crippen LogP contribution in [0.2, 0.25) is 0 Å². The third-order valence-corrected chi connectivity index (χ3v) is 3.50. The van der Waals surface area contributed by atoms with Crippen molar-refractivity contribution < 1.29 is 9.13 Å². The Bertz CT molecular complexity index is 968. The molecule has 0 unspecified atom stereocenters. The van der Waals surface area contributed by atoms with Crippen molar-refractivity contribution in [3.8, 4) is 23.1 Å². The van der Waals surface area contributed by atoms with Gasteiger partial charge in [-0.15, -0.1) is 0 Å². The average molecular weight is 335 g/mol. The third-order valence-electron chi connectivity index (χ3n) is 3.50. The molecular formula is C18H14FN5O. The molecule has 0 saturated carbocycles. The lowest BCUT2D eigenvalue weighted by atomic mass is 10.0. The van der Waals surface area contributed by atoms with Gasteiger partial charge in [-0.3, -0.25) is 0 Å². The summed E-state index contributed by atoms with van der Waals surface area (Å²) < 4.78 is 19.1. The molecule has 0 aliphatic heterocycles. The number of benzene rings is 2. The predicted molar refractivity (Wildman–Crippen MR) is 91.7 cm³/mol. The van der Waals surface area contributed by atoms with Crippen molar-refractivity contribution in [2.24, 2.45) is 0 Å². The standard InChI is InChI=1S/C18H14FN5O/c19-14-6-1-2-7-15(14)25-10-11-4-3-5-12(8-11)16-13(9-20)17(21)24-18(22)23-16/h1-8H,10H2,(H4,21,22,23,24). The molecule has 124 valence electrons. The van der Waals surface area contributed by atoms with Gasteiger partial charge in [-0.05, 0) is 23.8 Å². The van der Waals surface area contributed by atoms with Crippen LogP contribution >= 0.6 is 0 Å². The Morgan fingerprint density at radius 2 is 1.88 bits per heavy atom. The van der Waals surface area contributed by atoms with Gasteiger partial charge in [-0.2, -0.15) is 10.2 Å². The first-order chi connectivity index (χ1) is 12.1. The third kappa shape index (κ3) is 3.48. The van der Waals surface area contributed by atoms with E-state index in [4.69, 9.17) is 16.2 Å². The molecule has 0 bridgehead atoms. The zero-order valence-corrected chi connectivity index (χ0v) is 13.1. The summed E-state index contributed by atoms with van der Waals surface area (Å²) in [6.07, 6.45) is 0. The van der Waals surface area contributed by atoms with E-state index in [1.54, 1.807) is 36.4 Å². The van der Waals surface area contributed by atoms with Crippen molar-refractivity contribution in [2.75, 3.05) is 11.5 Å². The van der Waals surface area contributed by atoms with Crippen molar-refractivity contribution in [1.29, 1.82) is 5.26 Å². The monoisotopic (exact) mass is 335 g/mol. The normalized spacial score (nSPS) is 10.2. The molecule has 1 aromatic heterocycles. The number of rotatable bonds is 4. The fourth-order valence-corrected chi connectivity index (χ4v) is 2.35. The first-order valence-corrected chi connectivity index (χ1v) is 7.38. The SMILES string of the molecule is N#Cc1c(N)nc(N)nc1-c1cccc(COc2ccccc2F)c1. The zero-order valence-electron chi connectivity index (χ0n) is 13.1. The van der Waals surface area contributed by atoms with E-state index >= 15 is 0 Å². The number of nitriles is 1. The minimum atomic E-state index is -0.429. The number of hydrogen-bond acceptors (Lipinski definition) is 6. The number of para-hydroxylation sites is 1. The van der Waals surface area contributed by atoms with Crippen LogP contribution in [0.1, 0.15) is 11.1 Å². The Hall–Kier alpha value is -3.66. The van der Waals surface area contributed by atoms with E-state index in [-0.39, 0.29) is 29.7 Å². The Morgan fingerprint density at radius 3 is 2.64 bits per heavy atom. The maximum Gasteiger partial charge on any atom is 0.222 e. The van der Waals surface area contributed by atoms with E-state index in [9.17, 15) is 9.65 Å². The van der Waals surface area contributed by atoms with Crippen LogP contribution < -0.4 is 16.2 Å². The second-order valence-corrected chi connectivity index (χ2v) is 5.22. The molecule has 0 fully saturated rings. The molecule has 0 spiro atoms. The van der Waals surface area contributed by atoms with Gasteiger partial charge in [0.1, 0.15) is 24.1 Å². The highest BCUT2D eigenvalue weighted by Gasteiger charge is 2.13. The van der Waals surface area contributed by atoms with E-state index in [1.807, 2.05) is 12.1 Å². The number of hydrogen-bond donors (Lipinski definition) is 2. The van der Waals surface area contributed by atoms with Gasteiger partial charge in [-0.1, -0.05) is 30.3 Å². The molecule has 7 heteroatoms. The fourth-order valence-electron chi connectivity index (χ4n) is 2.35. The molecular weight excluding hydrogens is 321 g/mol. The van der Waals surface area contributed by atoms with Crippen LogP contribution in [0, 0.1) is 17.1 Å². The molecule has 0 amide bonds. The largest absolute Gasteiger partial charge is 0.486 e. The Balaban J connectivity index is 1.90. The summed E-state index contributed by atoms with van der Waals surface area (Å²) in [4.78, 5) is 7.91. The van der Waals surface area contributed by atoms with Gasteiger partial charge in [-0.25, -0.2) is 9.37 Å². The smallest absolute Gasteiger partial charge is 0.222 e. The summed E-state index contributed by atoms with van der Waals surface area (Å²) in [5, 5.41) is 9.29. The molecule has 0 aliphatic carbocycles. The minimum absolute atomic E-state index is 0.0143. The van der Waals surface area contributed by atoms with E-state index in [0.29, 0.717) is 11.3 Å². The number of anilines is 2. The number of nitrogen functional groups attached to an aromatic ring is 2. The van der Waals surface area contributed by atoms with Crippen LogP contribution in [0.3, 0.4) is 0 Å². The first kappa shape index (κ1) is 16.2. The molecule has 3 rings (SSSR count). The van der Waals surface area contributed by atoms with Crippen molar-refractivity contribution in [2.45, 2.75) is 6.61 Å². The van der Waals surface area contributed by atoms with E-state index < -0.39 is 5.82 Å². The van der Waals surface area contributed by atoms with Gasteiger partial charge in [0, 0.05) is 5.56 Å². The molecule has 4 N–H and O–H groups in total. The molecule has 0 aliphatic rings. The topological polar surface area (TPSA) is 111 Å². The molecule has 25 heavy (non-hydrogen) atoms. The van der Waals surface area contributed by atoms with Gasteiger partial charge in [0.2, 0.25) is 5.95 Å². The van der Waals surface area contributed by atoms with Crippen LogP contribution in [0.25, 0.3) is 11.3 Å². The molecule has 6 nitrogen and oxygen atoms in total. The van der Waals surface area contributed by atoms with E-state index in [2.05, 4.69) is 9.97 Å². The highest BCUT2D eigenvalue weighted by atomic mass is 19.1. The first-order valence-electron chi connectivity index (χ1n) is 7.38. The van der Waals surface area contributed by atoms with Gasteiger partial charge in [0.15, 0.2) is 11.6 Å². The van der Waals surface area contributed by atoms with Gasteiger partial charge >= 0.3 is 0 Å². The van der Waals surface area contributed by atoms with Crippen LogP contribution in [-0.2, 0) is 6.61 Å². The van der Waals surface area contributed by atoms with E-state index in [1.165, 1.54) is 6.07 Å². The Labute approximate surface area is 143 Å². The predicted octanol–water partition coefficient (Wildman–Crippen LogP) is 2.90. The fraction of sp³-hybridized carbons (Fsp3) is 0.0556. The number of halogens is 1. The second kappa shape index (κ2) is 6.84. The van der Waals surface area contributed by atoms with Gasteiger partial charge < -0.3 is 16.2 Å². The number of aromatic nitrogens is 2. The average Bonchev–Trinajstić information content (AvgIpc) is 2.61. The lowest BCUT2D eigenvalue weighted by Crippen LogP contribution is -2.05. The zero-order chi connectivity index (χ0) is 17.8. The molecule has 0 atom stereocenters. The Morgan fingerprint density at radius 1 is 1.08 bits per heavy atom. The second-order valence-electron chi connectivity index (χ2n) is 5.22. The molecule has 3 aromatic rings. The maximum atomic E-state index is 13.6. The molecule has 2 aromatic carbocycles. The van der Waals surface area contributed by atoms with Crippen LogP contribution in [0.5, 0.6) is 5.75 Å². The number of nitrogens with zero attached hydrogens (tertiary/aromatic N) is 3. The van der Waals surface area contributed by atoms with Crippen LogP contribution in [0.15, 0.2) is 48.5 Å². The minimum Gasteiger partial charge on any atom is -0.486 e. The van der Waals surface area contributed by atoms with E-state index in [0.717, 1.165) is 5.56 Å². The summed E-state index contributed by atoms with van der Waals surface area (Å²) >= 11 is 0. The summed E-state index contributed by atoms with van der Waals surface area (Å²) in [6, 6.07) is 15.3. The summed E-state index contributed by atoms with van der Waals surface area (Å²) in [5.74, 6) is -0.250. The quantitative estimate of drug-likeness (QED) is 0.758. The number of nitrogens with two attached hydrogens (primary N) is 2. The molecule has 0 saturated heterocycles. The van der Waals surface area contributed by atoms with Crippen molar-refractivity contribution in [1.82, 2.24) is 9.97 Å². The number of ether oxygens (including phenoxy) is 1. The van der Waals surface area contributed by atoms with Crippen molar-refractivity contribution >= 4 is 11.8 Å². The van der Waals surface area contributed by atoms with Gasteiger partial charge in [0.05, 0.1) is 5.69 Å². The summed E-state index contributed by atoms with van der Waals surface area (Å²) in [6.45, 7) is 0.159. The lowest BCUT2D eigenvalue weighted by Gasteiger charge is -2.10. The maximum absolute atomic E-state index is 13.6. The summed E-state index contributed by atoms with van der Waals surface area (Å²) in [5.41, 5.74) is 13.3.